The molecule has 3 rings (SSSR count). The van der Waals surface area contributed by atoms with Crippen molar-refractivity contribution in [3.05, 3.63) is 59.4 Å². The number of hydrogen-bond donors (Lipinski definition) is 1. The first kappa shape index (κ1) is 20.3. The Morgan fingerprint density at radius 3 is 2.31 bits per heavy atom. The number of ether oxygens (including phenoxy) is 1. The smallest absolute Gasteiger partial charge is 0.409 e. The van der Waals surface area contributed by atoms with Crippen LogP contribution in [0.25, 0.3) is 0 Å². The van der Waals surface area contributed by atoms with Crippen molar-refractivity contribution in [1.29, 1.82) is 0 Å². The summed E-state index contributed by atoms with van der Waals surface area (Å²) in [5.74, 6) is -0.639. The molecule has 1 aromatic heterocycles. The number of amides is 3. The average Bonchev–Trinajstić information content (AvgIpc) is 2.75. The lowest BCUT2D eigenvalue weighted by atomic mass is 10.2. The van der Waals surface area contributed by atoms with Crippen LogP contribution in [-0.2, 0) is 4.74 Å². The monoisotopic (exact) mass is 396 g/mol. The van der Waals surface area contributed by atoms with Gasteiger partial charge in [0.2, 0.25) is 0 Å². The summed E-state index contributed by atoms with van der Waals surface area (Å²) in [4.78, 5) is 44.6. The lowest BCUT2D eigenvalue weighted by Gasteiger charge is -2.33. The van der Waals surface area contributed by atoms with E-state index in [2.05, 4.69) is 10.3 Å². The van der Waals surface area contributed by atoms with Crippen LogP contribution >= 0.6 is 0 Å². The second kappa shape index (κ2) is 9.18. The summed E-state index contributed by atoms with van der Waals surface area (Å²) < 4.78 is 4.99. The third kappa shape index (κ3) is 4.90. The molecule has 0 atom stereocenters. The topological polar surface area (TPSA) is 91.8 Å². The lowest BCUT2D eigenvalue weighted by molar-refractivity contribution is 0.0566. The molecule has 0 radical (unpaired) electrons. The molecule has 0 spiro atoms. The van der Waals surface area contributed by atoms with Gasteiger partial charge in [-0.2, -0.15) is 0 Å². The number of nitrogens with one attached hydrogen (secondary N) is 1. The van der Waals surface area contributed by atoms with E-state index in [0.29, 0.717) is 38.5 Å². The number of carbonyl (C=O) groups excluding carboxylic acids is 3. The van der Waals surface area contributed by atoms with Gasteiger partial charge in [0.15, 0.2) is 0 Å². The van der Waals surface area contributed by atoms with E-state index in [-0.39, 0.29) is 29.3 Å². The molecule has 1 saturated heterocycles. The largest absolute Gasteiger partial charge is 0.450 e. The van der Waals surface area contributed by atoms with Gasteiger partial charge in [0, 0.05) is 31.9 Å². The van der Waals surface area contributed by atoms with Crippen LogP contribution in [0, 0.1) is 6.92 Å². The molecule has 0 saturated carbocycles. The molecule has 3 amide bonds. The van der Waals surface area contributed by atoms with Crippen molar-refractivity contribution in [1.82, 2.24) is 14.8 Å². The van der Waals surface area contributed by atoms with Crippen LogP contribution in [-0.4, -0.2) is 65.5 Å². The number of piperazine rings is 1. The van der Waals surface area contributed by atoms with Gasteiger partial charge in [-0.05, 0) is 37.6 Å². The van der Waals surface area contributed by atoms with Crippen LogP contribution < -0.4 is 5.32 Å². The molecule has 1 fully saturated rings. The van der Waals surface area contributed by atoms with E-state index in [1.165, 1.54) is 0 Å². The Morgan fingerprint density at radius 2 is 1.62 bits per heavy atom. The fourth-order valence-corrected chi connectivity index (χ4v) is 3.05. The van der Waals surface area contributed by atoms with Gasteiger partial charge < -0.3 is 19.9 Å². The Balaban J connectivity index is 1.65. The zero-order valence-electron chi connectivity index (χ0n) is 16.6. The predicted octanol–water partition coefficient (Wildman–Crippen LogP) is 2.56. The fraction of sp³-hybridized carbons (Fsp3) is 0.333. The van der Waals surface area contributed by atoms with E-state index in [1.807, 2.05) is 31.2 Å². The molecular weight excluding hydrogens is 372 g/mol. The first-order valence-corrected chi connectivity index (χ1v) is 9.54. The van der Waals surface area contributed by atoms with E-state index >= 15 is 0 Å². The van der Waals surface area contributed by atoms with Gasteiger partial charge in [-0.25, -0.2) is 9.78 Å². The molecule has 0 aliphatic carbocycles. The van der Waals surface area contributed by atoms with E-state index in [0.717, 1.165) is 5.56 Å². The zero-order chi connectivity index (χ0) is 20.8. The fourth-order valence-electron chi connectivity index (χ4n) is 3.05. The second-order valence-corrected chi connectivity index (χ2v) is 6.66. The van der Waals surface area contributed by atoms with Gasteiger partial charge in [-0.3, -0.25) is 9.59 Å². The van der Waals surface area contributed by atoms with Crippen LogP contribution in [0.15, 0.2) is 42.5 Å². The number of rotatable bonds is 4. The van der Waals surface area contributed by atoms with Gasteiger partial charge >= 0.3 is 6.09 Å². The minimum Gasteiger partial charge on any atom is -0.450 e. The lowest BCUT2D eigenvalue weighted by Crippen LogP contribution is -2.50. The summed E-state index contributed by atoms with van der Waals surface area (Å²) >= 11 is 0. The van der Waals surface area contributed by atoms with Crippen molar-refractivity contribution < 1.29 is 19.1 Å². The number of hydrogen-bond acceptors (Lipinski definition) is 5. The minimum absolute atomic E-state index is 0.171. The molecule has 8 nitrogen and oxygen atoms in total. The third-order valence-corrected chi connectivity index (χ3v) is 4.69. The Labute approximate surface area is 169 Å². The van der Waals surface area contributed by atoms with Crippen LogP contribution in [0.1, 0.15) is 33.5 Å². The number of nitrogens with zero attached hydrogens (tertiary/aromatic N) is 3. The van der Waals surface area contributed by atoms with E-state index in [1.54, 1.807) is 34.9 Å². The molecule has 1 N–H and O–H groups in total. The Hall–Kier alpha value is -3.42. The van der Waals surface area contributed by atoms with E-state index in [4.69, 9.17) is 4.74 Å². The Morgan fingerprint density at radius 1 is 0.966 bits per heavy atom. The maximum Gasteiger partial charge on any atom is 0.409 e. The standard InChI is InChI=1S/C21H24N4O4/c1-3-29-21(28)25-13-11-24(12-14-25)20(27)18-10-6-9-17(22-18)19(26)23-16-8-5-4-7-15(16)2/h4-10H,3,11-14H2,1-2H3,(H,23,26). The normalized spacial score (nSPS) is 13.7. The summed E-state index contributed by atoms with van der Waals surface area (Å²) in [5.41, 5.74) is 2.01. The van der Waals surface area contributed by atoms with Crippen molar-refractivity contribution in [3.8, 4) is 0 Å². The van der Waals surface area contributed by atoms with Gasteiger partial charge in [0.1, 0.15) is 11.4 Å². The first-order chi connectivity index (χ1) is 14.0. The molecule has 1 aliphatic rings. The van der Waals surface area contributed by atoms with Crippen LogP contribution in [0.5, 0.6) is 0 Å². The molecule has 1 aliphatic heterocycles. The summed E-state index contributed by atoms with van der Waals surface area (Å²) in [6, 6.07) is 12.2. The highest BCUT2D eigenvalue weighted by Gasteiger charge is 2.26. The Bertz CT molecular complexity index is 907. The highest BCUT2D eigenvalue weighted by Crippen LogP contribution is 2.15. The average molecular weight is 396 g/mol. The third-order valence-electron chi connectivity index (χ3n) is 4.69. The Kier molecular flexibility index (Phi) is 6.43. The SMILES string of the molecule is CCOC(=O)N1CCN(C(=O)c2cccc(C(=O)Nc3ccccc3C)n2)CC1. The number of pyridine rings is 1. The summed E-state index contributed by atoms with van der Waals surface area (Å²) in [6.07, 6.45) is -0.368. The molecule has 0 bridgehead atoms. The van der Waals surface area contributed by atoms with Crippen LogP contribution in [0.4, 0.5) is 10.5 Å². The maximum atomic E-state index is 12.8. The molecule has 152 valence electrons. The van der Waals surface area contributed by atoms with E-state index in [9.17, 15) is 14.4 Å². The maximum absolute atomic E-state index is 12.8. The number of para-hydroxylation sites is 1. The molecule has 1 aromatic carbocycles. The molecular formula is C21H24N4O4. The number of carbonyl (C=O) groups is 3. The van der Waals surface area contributed by atoms with E-state index < -0.39 is 0 Å². The summed E-state index contributed by atoms with van der Waals surface area (Å²) in [7, 11) is 0. The van der Waals surface area contributed by atoms with Crippen LogP contribution in [0.2, 0.25) is 0 Å². The molecule has 2 aromatic rings. The summed E-state index contributed by atoms with van der Waals surface area (Å²) in [5, 5.41) is 2.82. The molecule has 0 unspecified atom stereocenters. The first-order valence-electron chi connectivity index (χ1n) is 9.54. The van der Waals surface area contributed by atoms with Gasteiger partial charge in [-0.15, -0.1) is 0 Å². The highest BCUT2D eigenvalue weighted by atomic mass is 16.6. The second-order valence-electron chi connectivity index (χ2n) is 6.66. The summed E-state index contributed by atoms with van der Waals surface area (Å²) in [6.45, 7) is 5.55. The van der Waals surface area contributed by atoms with Gasteiger partial charge in [-0.1, -0.05) is 24.3 Å². The van der Waals surface area contributed by atoms with Crippen molar-refractivity contribution >= 4 is 23.6 Å². The van der Waals surface area contributed by atoms with Crippen molar-refractivity contribution in [2.75, 3.05) is 38.1 Å². The zero-order valence-corrected chi connectivity index (χ0v) is 16.6. The molecule has 8 heteroatoms. The predicted molar refractivity (Wildman–Crippen MR) is 108 cm³/mol. The number of aromatic nitrogens is 1. The van der Waals surface area contributed by atoms with Gasteiger partial charge in [0.25, 0.3) is 11.8 Å². The number of anilines is 1. The minimum atomic E-state index is -0.374. The highest BCUT2D eigenvalue weighted by molar-refractivity contribution is 6.04. The number of benzene rings is 1. The van der Waals surface area contributed by atoms with Crippen LogP contribution in [0.3, 0.4) is 0 Å². The van der Waals surface area contributed by atoms with Gasteiger partial charge in [0.05, 0.1) is 6.61 Å². The quantitative estimate of drug-likeness (QED) is 0.858. The van der Waals surface area contributed by atoms with Crippen molar-refractivity contribution in [3.63, 3.8) is 0 Å². The van der Waals surface area contributed by atoms with Crippen molar-refractivity contribution in [2.24, 2.45) is 0 Å². The number of aryl methyl sites for hydroxylation is 1. The van der Waals surface area contributed by atoms with Crippen molar-refractivity contribution in [2.45, 2.75) is 13.8 Å². The molecule has 29 heavy (non-hydrogen) atoms. The molecule has 2 heterocycles.